The van der Waals surface area contributed by atoms with Crippen LogP contribution in [0.3, 0.4) is 0 Å². The van der Waals surface area contributed by atoms with Crippen LogP contribution in [0.25, 0.3) is 0 Å². The molecule has 0 aliphatic heterocycles. The Kier molecular flexibility index (Phi) is 15.9. The van der Waals surface area contributed by atoms with Crippen molar-refractivity contribution in [3.05, 3.63) is 35.9 Å². The number of carbonyl (C=O) groups excluding carboxylic acids is 4. The molecule has 0 aliphatic carbocycles. The van der Waals surface area contributed by atoms with Crippen LogP contribution in [0.2, 0.25) is 0 Å². The highest BCUT2D eigenvalue weighted by atomic mass is 16.2. The molecule has 0 aliphatic rings. The Morgan fingerprint density at radius 2 is 1.19 bits per heavy atom. The van der Waals surface area contributed by atoms with Gasteiger partial charge in [-0.15, -0.1) is 0 Å². The van der Waals surface area contributed by atoms with Crippen molar-refractivity contribution < 1.29 is 19.2 Å². The standard InChI is InChI=1S/C34H59N5O4/c1-22(2)20-27(31(40)36-19-18-26-16-14-13-15-17-26)37(10)32(41)28(21-23(3)4)38(11)34(43)30(25(7)8)39(12)33(42)29(35-9)24(5)6/h13-17,22-25,27-30,35H,18-21H2,1-12H3,(H,36,40)/t27-,28-,29-,30-/m0/s1. The number of hydrogen-bond donors (Lipinski definition) is 2. The summed E-state index contributed by atoms with van der Waals surface area (Å²) in [6.45, 7) is 16.3. The summed E-state index contributed by atoms with van der Waals surface area (Å²) in [4.78, 5) is 59.6. The van der Waals surface area contributed by atoms with Crippen LogP contribution in [0.15, 0.2) is 30.3 Å². The number of nitrogens with zero attached hydrogens (tertiary/aromatic N) is 3. The van der Waals surface area contributed by atoms with Gasteiger partial charge in [-0.25, -0.2) is 0 Å². The van der Waals surface area contributed by atoms with Gasteiger partial charge in [-0.3, -0.25) is 19.2 Å². The predicted octanol–water partition coefficient (Wildman–Crippen LogP) is 3.82. The molecule has 9 heteroatoms. The van der Waals surface area contributed by atoms with E-state index < -0.39 is 24.2 Å². The van der Waals surface area contributed by atoms with Crippen molar-refractivity contribution in [2.24, 2.45) is 23.7 Å². The maximum Gasteiger partial charge on any atom is 0.246 e. The normalized spacial score (nSPS) is 14.4. The summed E-state index contributed by atoms with van der Waals surface area (Å²) in [7, 11) is 6.71. The molecule has 0 aromatic heterocycles. The Labute approximate surface area is 261 Å². The van der Waals surface area contributed by atoms with Gasteiger partial charge in [-0.05, 0) is 55.5 Å². The number of benzene rings is 1. The van der Waals surface area contributed by atoms with Gasteiger partial charge in [-0.1, -0.05) is 85.7 Å². The topological polar surface area (TPSA) is 102 Å². The molecule has 1 rings (SSSR count). The van der Waals surface area contributed by atoms with Gasteiger partial charge in [0, 0.05) is 27.7 Å². The van der Waals surface area contributed by atoms with E-state index in [2.05, 4.69) is 10.6 Å². The molecule has 0 unspecified atom stereocenters. The number of likely N-dealkylation sites (N-methyl/N-ethyl adjacent to an activating group) is 4. The van der Waals surface area contributed by atoms with Crippen LogP contribution >= 0.6 is 0 Å². The van der Waals surface area contributed by atoms with Crippen LogP contribution in [0, 0.1) is 23.7 Å². The second-order valence-corrected chi connectivity index (χ2v) is 13.4. The summed E-state index contributed by atoms with van der Waals surface area (Å²) >= 11 is 0. The quantitative estimate of drug-likeness (QED) is 0.283. The lowest BCUT2D eigenvalue weighted by Gasteiger charge is -2.40. The minimum absolute atomic E-state index is 0.0428. The van der Waals surface area contributed by atoms with E-state index in [-0.39, 0.29) is 47.3 Å². The zero-order valence-corrected chi connectivity index (χ0v) is 28.8. The molecule has 0 saturated carbocycles. The van der Waals surface area contributed by atoms with E-state index in [1.54, 1.807) is 28.2 Å². The maximum atomic E-state index is 14.1. The van der Waals surface area contributed by atoms with Crippen molar-refractivity contribution in [2.75, 3.05) is 34.7 Å². The minimum atomic E-state index is -0.778. The van der Waals surface area contributed by atoms with E-state index in [4.69, 9.17) is 0 Å². The fourth-order valence-electron chi connectivity index (χ4n) is 5.60. The highest BCUT2D eigenvalue weighted by Crippen LogP contribution is 2.22. The minimum Gasteiger partial charge on any atom is -0.354 e. The average molecular weight is 602 g/mol. The highest BCUT2D eigenvalue weighted by molar-refractivity contribution is 5.94. The zero-order valence-electron chi connectivity index (χ0n) is 28.8. The summed E-state index contributed by atoms with van der Waals surface area (Å²) in [5.41, 5.74) is 1.13. The monoisotopic (exact) mass is 601 g/mol. The molecular weight excluding hydrogens is 542 g/mol. The first-order valence-corrected chi connectivity index (χ1v) is 15.8. The predicted molar refractivity (Wildman–Crippen MR) is 174 cm³/mol. The Morgan fingerprint density at radius 1 is 0.674 bits per heavy atom. The maximum absolute atomic E-state index is 14.1. The SMILES string of the molecule is CN[C@H](C(=O)N(C)[C@H](C(=O)N(C)[C@@H](CC(C)C)C(=O)N(C)[C@@H](CC(C)C)C(=O)NCCc1ccccc1)C(C)C)C(C)C. The molecule has 0 fully saturated rings. The van der Waals surface area contributed by atoms with Crippen LogP contribution in [0.1, 0.15) is 73.8 Å². The summed E-state index contributed by atoms with van der Waals surface area (Å²) in [6.07, 6.45) is 1.63. The lowest BCUT2D eigenvalue weighted by Crippen LogP contribution is -2.60. The molecule has 244 valence electrons. The van der Waals surface area contributed by atoms with Gasteiger partial charge in [0.2, 0.25) is 23.6 Å². The van der Waals surface area contributed by atoms with Crippen molar-refractivity contribution in [1.82, 2.24) is 25.3 Å². The zero-order chi connectivity index (χ0) is 33.0. The summed E-state index contributed by atoms with van der Waals surface area (Å²) < 4.78 is 0. The second kappa shape index (κ2) is 18.0. The molecule has 0 radical (unpaired) electrons. The molecule has 0 saturated heterocycles. The smallest absolute Gasteiger partial charge is 0.246 e. The third kappa shape index (κ3) is 11.2. The van der Waals surface area contributed by atoms with E-state index in [0.29, 0.717) is 25.8 Å². The number of hydrogen-bond acceptors (Lipinski definition) is 5. The molecular formula is C34H59N5O4. The summed E-state index contributed by atoms with van der Waals surface area (Å²) in [6, 6.07) is 7.32. The molecule has 4 atom stereocenters. The number of rotatable bonds is 17. The van der Waals surface area contributed by atoms with Crippen LogP contribution in [-0.4, -0.2) is 97.2 Å². The van der Waals surface area contributed by atoms with Crippen molar-refractivity contribution in [3.8, 4) is 0 Å². The van der Waals surface area contributed by atoms with Gasteiger partial charge in [0.15, 0.2) is 0 Å². The van der Waals surface area contributed by atoms with Gasteiger partial charge in [-0.2, -0.15) is 0 Å². The van der Waals surface area contributed by atoms with Crippen LogP contribution in [0.5, 0.6) is 0 Å². The third-order valence-electron chi connectivity index (χ3n) is 8.06. The molecule has 1 aromatic carbocycles. The van der Waals surface area contributed by atoms with Crippen LogP contribution in [0.4, 0.5) is 0 Å². The second-order valence-electron chi connectivity index (χ2n) is 13.4. The lowest BCUT2D eigenvalue weighted by atomic mass is 9.95. The molecule has 9 nitrogen and oxygen atoms in total. The molecule has 0 spiro atoms. The van der Waals surface area contributed by atoms with Crippen LogP contribution in [-0.2, 0) is 25.6 Å². The Morgan fingerprint density at radius 3 is 1.65 bits per heavy atom. The van der Waals surface area contributed by atoms with Gasteiger partial charge >= 0.3 is 0 Å². The van der Waals surface area contributed by atoms with Crippen molar-refractivity contribution >= 4 is 23.6 Å². The summed E-state index contributed by atoms with van der Waals surface area (Å²) in [5.74, 6) is -0.765. The third-order valence-corrected chi connectivity index (χ3v) is 8.06. The number of amides is 4. The first kappa shape index (κ1) is 38.1. The van der Waals surface area contributed by atoms with E-state index in [0.717, 1.165) is 5.56 Å². The lowest BCUT2D eigenvalue weighted by molar-refractivity contribution is -0.154. The fourth-order valence-corrected chi connectivity index (χ4v) is 5.60. The largest absolute Gasteiger partial charge is 0.354 e. The molecule has 4 amide bonds. The van der Waals surface area contributed by atoms with Gasteiger partial charge in [0.1, 0.15) is 18.1 Å². The van der Waals surface area contributed by atoms with E-state index in [1.165, 1.54) is 14.7 Å². The van der Waals surface area contributed by atoms with E-state index in [1.807, 2.05) is 85.7 Å². The highest BCUT2D eigenvalue weighted by Gasteiger charge is 2.40. The van der Waals surface area contributed by atoms with Gasteiger partial charge in [0.25, 0.3) is 0 Å². The molecule has 0 bridgehead atoms. The van der Waals surface area contributed by atoms with E-state index in [9.17, 15) is 19.2 Å². The Bertz CT molecular complexity index is 1030. The van der Waals surface area contributed by atoms with E-state index >= 15 is 0 Å². The molecule has 0 heterocycles. The number of carbonyl (C=O) groups is 4. The van der Waals surface area contributed by atoms with Crippen molar-refractivity contribution in [2.45, 2.75) is 98.8 Å². The Hall–Kier alpha value is -2.94. The Balaban J connectivity index is 3.26. The molecule has 43 heavy (non-hydrogen) atoms. The molecule has 2 N–H and O–H groups in total. The van der Waals surface area contributed by atoms with Crippen LogP contribution < -0.4 is 10.6 Å². The summed E-state index contributed by atoms with van der Waals surface area (Å²) in [5, 5.41) is 6.10. The average Bonchev–Trinajstić information content (AvgIpc) is 2.93. The number of nitrogens with one attached hydrogen (secondary N) is 2. The van der Waals surface area contributed by atoms with Gasteiger partial charge < -0.3 is 25.3 Å². The fraction of sp³-hybridized carbons (Fsp3) is 0.706. The van der Waals surface area contributed by atoms with Gasteiger partial charge in [0.05, 0.1) is 6.04 Å². The first-order chi connectivity index (χ1) is 20.0. The van der Waals surface area contributed by atoms with Crippen molar-refractivity contribution in [1.29, 1.82) is 0 Å². The van der Waals surface area contributed by atoms with Crippen molar-refractivity contribution in [3.63, 3.8) is 0 Å². The first-order valence-electron chi connectivity index (χ1n) is 15.8. The molecule has 1 aromatic rings.